The highest BCUT2D eigenvalue weighted by Gasteiger charge is 2.20. The minimum absolute atomic E-state index is 0.635. The maximum atomic E-state index is 6.91. The summed E-state index contributed by atoms with van der Waals surface area (Å²) < 4.78 is 6.91. The van der Waals surface area contributed by atoms with Crippen molar-refractivity contribution in [3.8, 4) is 45.3 Å². The van der Waals surface area contributed by atoms with Crippen molar-refractivity contribution < 1.29 is 4.42 Å². The van der Waals surface area contributed by atoms with E-state index in [9.17, 15) is 0 Å². The van der Waals surface area contributed by atoms with Gasteiger partial charge in [0.15, 0.2) is 17.5 Å². The van der Waals surface area contributed by atoms with E-state index in [1.165, 1.54) is 16.2 Å². The average Bonchev–Trinajstić information content (AvgIpc) is 3.60. The smallest absolute Gasteiger partial charge is 0.164 e. The number of hydrogen-bond donors (Lipinski definition) is 0. The highest BCUT2D eigenvalue weighted by molar-refractivity contribution is 6.28. The quantitative estimate of drug-likeness (QED) is 0.174. The molecule has 11 aromatic rings. The summed E-state index contributed by atoms with van der Waals surface area (Å²) in [5.74, 6) is 1.92. The number of nitrogens with zero attached hydrogens (tertiary/aromatic N) is 3. The van der Waals surface area contributed by atoms with Crippen LogP contribution in [0.25, 0.3) is 110 Å². The second-order valence-electron chi connectivity index (χ2n) is 13.6. The third-order valence-electron chi connectivity index (χ3n) is 10.4. The summed E-state index contributed by atoms with van der Waals surface area (Å²) in [6, 6.07) is 61.6. The fourth-order valence-electron chi connectivity index (χ4n) is 7.91. The maximum Gasteiger partial charge on any atom is 0.164 e. The topological polar surface area (TPSA) is 51.8 Å². The van der Waals surface area contributed by atoms with Crippen LogP contribution in [-0.4, -0.2) is 15.0 Å². The normalized spacial score (nSPS) is 11.8. The van der Waals surface area contributed by atoms with Gasteiger partial charge in [-0.1, -0.05) is 152 Å². The van der Waals surface area contributed by atoms with Gasteiger partial charge in [-0.3, -0.25) is 0 Å². The summed E-state index contributed by atoms with van der Waals surface area (Å²) in [5.41, 5.74) is 6.85. The molecule has 2 heterocycles. The van der Waals surface area contributed by atoms with Crippen molar-refractivity contribution in [3.63, 3.8) is 0 Å². The van der Waals surface area contributed by atoms with Gasteiger partial charge in [-0.05, 0) is 73.1 Å². The van der Waals surface area contributed by atoms with Crippen molar-refractivity contribution >= 4 is 65.0 Å². The van der Waals surface area contributed by atoms with Crippen LogP contribution >= 0.6 is 0 Å². The highest BCUT2D eigenvalue weighted by atomic mass is 16.3. The SMILES string of the molecule is c1ccc(-c2nc(-c3ccccc3)nc(-c3cccc4ccc(-c5cc6ccc7ccccc7c6c6oc7cc8ccccc8cc7c56)cc34)n2)cc1. The Labute approximate surface area is 304 Å². The molecule has 53 heavy (non-hydrogen) atoms. The Kier molecular flexibility index (Phi) is 6.52. The predicted octanol–water partition coefficient (Wildman–Crippen LogP) is 13.1. The Hall–Kier alpha value is -7.17. The zero-order valence-corrected chi connectivity index (χ0v) is 28.5. The fourth-order valence-corrected chi connectivity index (χ4v) is 7.91. The molecule has 0 saturated carbocycles. The highest BCUT2D eigenvalue weighted by Crippen LogP contribution is 2.45. The van der Waals surface area contributed by atoms with E-state index >= 15 is 0 Å². The third kappa shape index (κ3) is 4.80. The Balaban J connectivity index is 1.19. The number of benzene rings is 9. The number of hydrogen-bond acceptors (Lipinski definition) is 4. The van der Waals surface area contributed by atoms with Crippen LogP contribution in [0.2, 0.25) is 0 Å². The molecule has 4 heteroatoms. The van der Waals surface area contributed by atoms with Gasteiger partial charge in [0.2, 0.25) is 0 Å². The summed E-state index contributed by atoms with van der Waals surface area (Å²) in [4.78, 5) is 15.1. The van der Waals surface area contributed by atoms with Crippen molar-refractivity contribution in [1.82, 2.24) is 15.0 Å². The number of fused-ring (bicyclic) bond motifs is 9. The zero-order valence-electron chi connectivity index (χ0n) is 28.5. The molecular formula is C49H29N3O. The van der Waals surface area contributed by atoms with Crippen molar-refractivity contribution in [1.29, 1.82) is 0 Å². The van der Waals surface area contributed by atoms with E-state index in [1.807, 2.05) is 60.7 Å². The van der Waals surface area contributed by atoms with Gasteiger partial charge >= 0.3 is 0 Å². The van der Waals surface area contributed by atoms with Gasteiger partial charge in [0.25, 0.3) is 0 Å². The number of rotatable bonds is 4. The van der Waals surface area contributed by atoms with Gasteiger partial charge in [-0.15, -0.1) is 0 Å². The minimum Gasteiger partial charge on any atom is -0.455 e. The first-order valence-electron chi connectivity index (χ1n) is 17.9. The van der Waals surface area contributed by atoms with Gasteiger partial charge in [-0.25, -0.2) is 15.0 Å². The minimum atomic E-state index is 0.635. The summed E-state index contributed by atoms with van der Waals surface area (Å²) >= 11 is 0. The van der Waals surface area contributed by atoms with Crippen LogP contribution < -0.4 is 0 Å². The lowest BCUT2D eigenvalue weighted by atomic mass is 9.91. The third-order valence-corrected chi connectivity index (χ3v) is 10.4. The van der Waals surface area contributed by atoms with E-state index in [2.05, 4.69) is 115 Å². The van der Waals surface area contributed by atoms with E-state index in [4.69, 9.17) is 19.4 Å². The standard InChI is InChI=1S/C49H29N3O/c1-3-13-32(14-4-1)47-50-48(33-15-5-2-6-16-33)52-49(51-47)39-21-11-19-31-22-24-36(27-40(31)39)41-28-37-25-23-30-12-9-10-20-38(30)44(37)46-45(41)42-26-34-17-7-8-18-35(34)29-43(42)53-46/h1-29H. The van der Waals surface area contributed by atoms with E-state index in [-0.39, 0.29) is 0 Å². The molecule has 0 radical (unpaired) electrons. The molecule has 0 unspecified atom stereocenters. The van der Waals surface area contributed by atoms with Crippen LogP contribution in [0.5, 0.6) is 0 Å². The van der Waals surface area contributed by atoms with Crippen LogP contribution in [-0.2, 0) is 0 Å². The second kappa shape index (κ2) is 11.7. The summed E-state index contributed by atoms with van der Waals surface area (Å²) in [6.07, 6.45) is 0. The summed E-state index contributed by atoms with van der Waals surface area (Å²) in [6.45, 7) is 0. The molecule has 0 aliphatic heterocycles. The first kappa shape index (κ1) is 29.5. The average molecular weight is 676 g/mol. The van der Waals surface area contributed by atoms with Crippen molar-refractivity contribution in [2.24, 2.45) is 0 Å². The van der Waals surface area contributed by atoms with Gasteiger partial charge in [-0.2, -0.15) is 0 Å². The summed E-state index contributed by atoms with van der Waals surface area (Å²) in [5, 5.41) is 11.4. The van der Waals surface area contributed by atoms with E-state index in [0.717, 1.165) is 76.7 Å². The van der Waals surface area contributed by atoms with E-state index in [1.54, 1.807) is 0 Å². The van der Waals surface area contributed by atoms with Crippen molar-refractivity contribution in [2.45, 2.75) is 0 Å². The molecule has 246 valence electrons. The van der Waals surface area contributed by atoms with Gasteiger partial charge < -0.3 is 4.42 Å². The molecule has 0 amide bonds. The molecule has 0 saturated heterocycles. The van der Waals surface area contributed by atoms with Crippen LogP contribution in [0.4, 0.5) is 0 Å². The first-order chi connectivity index (χ1) is 26.2. The Morgan fingerprint density at radius 2 is 0.906 bits per heavy atom. The Morgan fingerprint density at radius 1 is 0.321 bits per heavy atom. The molecule has 0 atom stereocenters. The van der Waals surface area contributed by atoms with Crippen LogP contribution in [0.15, 0.2) is 180 Å². The molecule has 0 aliphatic carbocycles. The first-order valence-corrected chi connectivity index (χ1v) is 17.9. The molecule has 0 fully saturated rings. The largest absolute Gasteiger partial charge is 0.455 e. The van der Waals surface area contributed by atoms with Crippen LogP contribution in [0.3, 0.4) is 0 Å². The number of furan rings is 1. The maximum absolute atomic E-state index is 6.91. The van der Waals surface area contributed by atoms with Crippen LogP contribution in [0, 0.1) is 0 Å². The monoisotopic (exact) mass is 675 g/mol. The Bertz CT molecular complexity index is 3160. The summed E-state index contributed by atoms with van der Waals surface area (Å²) in [7, 11) is 0. The zero-order chi connectivity index (χ0) is 34.9. The van der Waals surface area contributed by atoms with Gasteiger partial charge in [0.05, 0.1) is 0 Å². The molecule has 2 aromatic heterocycles. The van der Waals surface area contributed by atoms with Gasteiger partial charge in [0, 0.05) is 32.8 Å². The predicted molar refractivity (Wildman–Crippen MR) is 219 cm³/mol. The molecule has 4 nitrogen and oxygen atoms in total. The lowest BCUT2D eigenvalue weighted by Crippen LogP contribution is -2.00. The van der Waals surface area contributed by atoms with Crippen molar-refractivity contribution in [3.05, 3.63) is 176 Å². The molecule has 0 aliphatic rings. The molecule has 9 aromatic carbocycles. The van der Waals surface area contributed by atoms with E-state index < -0.39 is 0 Å². The molecule has 0 N–H and O–H groups in total. The lowest BCUT2D eigenvalue weighted by molar-refractivity contribution is 0.673. The molecule has 0 spiro atoms. The van der Waals surface area contributed by atoms with Gasteiger partial charge in [0.1, 0.15) is 11.2 Å². The number of aromatic nitrogens is 3. The van der Waals surface area contributed by atoms with Crippen molar-refractivity contribution in [2.75, 3.05) is 0 Å². The van der Waals surface area contributed by atoms with E-state index in [0.29, 0.717) is 17.5 Å². The van der Waals surface area contributed by atoms with Crippen LogP contribution in [0.1, 0.15) is 0 Å². The Morgan fingerprint density at radius 3 is 1.66 bits per heavy atom. The molecule has 0 bridgehead atoms. The molecule has 11 rings (SSSR count). The molecular weight excluding hydrogens is 647 g/mol. The second-order valence-corrected chi connectivity index (χ2v) is 13.6. The lowest BCUT2D eigenvalue weighted by Gasteiger charge is -2.13. The fraction of sp³-hybridized carbons (Fsp3) is 0.